The molecule has 2 aromatic rings. The highest BCUT2D eigenvalue weighted by Gasteiger charge is 2.39. The molecule has 260 valence electrons. The number of carbonyl (C=O) groups is 4. The molecule has 1 saturated heterocycles. The Morgan fingerprint density at radius 2 is 1.25 bits per heavy atom. The normalized spacial score (nSPS) is 18.4. The molecule has 1 unspecified atom stereocenters. The van der Waals surface area contributed by atoms with Crippen LogP contribution in [0.1, 0.15) is 69.8 Å². The van der Waals surface area contributed by atoms with Gasteiger partial charge >= 0.3 is 11.9 Å². The van der Waals surface area contributed by atoms with Gasteiger partial charge in [-0.3, -0.25) is 19.4 Å². The van der Waals surface area contributed by atoms with Crippen molar-refractivity contribution in [2.24, 2.45) is 11.8 Å². The molecule has 2 aromatic carbocycles. The van der Waals surface area contributed by atoms with Crippen LogP contribution in [0.15, 0.2) is 66.7 Å². The Morgan fingerprint density at radius 3 is 1.75 bits per heavy atom. The number of anilines is 1. The summed E-state index contributed by atoms with van der Waals surface area (Å²) >= 11 is 0. The minimum Gasteiger partial charge on any atom is -0.495 e. The molecule has 0 spiro atoms. The SMILES string of the molecule is COc1ccccc1N1CCN(CC(Cc2ccccc2)N(C(=O)C2CCCCC2)C(=O)C2CCCCC2)CC1.O=C(O)/C=C/C(=O)O. The van der Waals surface area contributed by atoms with Crippen LogP contribution in [0.5, 0.6) is 5.75 Å². The van der Waals surface area contributed by atoms with Crippen molar-refractivity contribution in [3.8, 4) is 5.75 Å². The highest BCUT2D eigenvalue weighted by atomic mass is 16.5. The molecule has 3 fully saturated rings. The van der Waals surface area contributed by atoms with Gasteiger partial charge in [0.1, 0.15) is 5.75 Å². The highest BCUT2D eigenvalue weighted by Crippen LogP contribution is 2.32. The Balaban J connectivity index is 0.000000579. The van der Waals surface area contributed by atoms with Crippen LogP contribution in [-0.2, 0) is 25.6 Å². The van der Waals surface area contributed by atoms with Gasteiger partial charge in [0.25, 0.3) is 0 Å². The average molecular weight is 662 g/mol. The predicted octanol–water partition coefficient (Wildman–Crippen LogP) is 5.66. The molecule has 3 aliphatic rings. The van der Waals surface area contributed by atoms with Crippen molar-refractivity contribution in [3.63, 3.8) is 0 Å². The van der Waals surface area contributed by atoms with Crippen molar-refractivity contribution in [1.82, 2.24) is 9.80 Å². The molecule has 0 bridgehead atoms. The molecule has 2 aliphatic carbocycles. The number of imide groups is 1. The maximum absolute atomic E-state index is 14.2. The molecule has 2 saturated carbocycles. The third kappa shape index (κ3) is 10.9. The largest absolute Gasteiger partial charge is 0.495 e. The molecule has 1 atom stereocenters. The van der Waals surface area contributed by atoms with E-state index in [1.807, 2.05) is 18.2 Å². The summed E-state index contributed by atoms with van der Waals surface area (Å²) in [5, 5.41) is 15.6. The van der Waals surface area contributed by atoms with E-state index < -0.39 is 11.9 Å². The zero-order valence-electron chi connectivity index (χ0n) is 28.2. The molecule has 2 amide bonds. The molecule has 10 heteroatoms. The van der Waals surface area contributed by atoms with Gasteiger partial charge in [-0.1, -0.05) is 81.0 Å². The zero-order valence-corrected chi connectivity index (χ0v) is 28.2. The Kier molecular flexibility index (Phi) is 14.5. The van der Waals surface area contributed by atoms with Crippen LogP contribution >= 0.6 is 0 Å². The second kappa shape index (κ2) is 19.0. The van der Waals surface area contributed by atoms with E-state index in [0.717, 1.165) is 95.5 Å². The van der Waals surface area contributed by atoms with Gasteiger partial charge in [-0.15, -0.1) is 0 Å². The lowest BCUT2D eigenvalue weighted by Crippen LogP contribution is -2.57. The minimum absolute atomic E-state index is 0.0121. The molecular formula is C38H51N3O7. The number of carbonyl (C=O) groups excluding carboxylic acids is 2. The van der Waals surface area contributed by atoms with Gasteiger partial charge in [-0.05, 0) is 49.8 Å². The summed E-state index contributed by atoms with van der Waals surface area (Å²) in [6.07, 6.45) is 12.3. The van der Waals surface area contributed by atoms with Crippen molar-refractivity contribution in [3.05, 3.63) is 72.3 Å². The number of aliphatic carboxylic acids is 2. The Hall–Kier alpha value is -4.18. The number of para-hydroxylation sites is 2. The summed E-state index contributed by atoms with van der Waals surface area (Å²) in [6.45, 7) is 4.31. The van der Waals surface area contributed by atoms with Gasteiger partial charge < -0.3 is 19.8 Å². The minimum atomic E-state index is -1.26. The third-order valence-electron chi connectivity index (χ3n) is 9.70. The lowest BCUT2D eigenvalue weighted by atomic mass is 9.85. The number of piperazine rings is 1. The van der Waals surface area contributed by atoms with Gasteiger partial charge in [-0.2, -0.15) is 0 Å². The standard InChI is InChI=1S/C34H47N3O3.C4H4O4/c1-40-32-20-12-11-19-31(32)36-23-21-35(22-24-36)26-30(25-27-13-5-2-6-14-27)37(33(38)28-15-7-3-8-16-28)34(39)29-17-9-4-10-18-29;5-3(6)1-2-4(7)8/h2,5-6,11-14,19-20,28-30H,3-4,7-10,15-18,21-26H2,1H3;1-2H,(H,5,6)(H,7,8)/b;2-1+. The first-order valence-electron chi connectivity index (χ1n) is 17.4. The number of benzene rings is 2. The number of hydrogen-bond donors (Lipinski definition) is 2. The first-order valence-corrected chi connectivity index (χ1v) is 17.4. The Labute approximate surface area is 284 Å². The van der Waals surface area contributed by atoms with Gasteiger partial charge in [0.2, 0.25) is 11.8 Å². The molecular weight excluding hydrogens is 610 g/mol. The second-order valence-corrected chi connectivity index (χ2v) is 13.0. The molecule has 5 rings (SSSR count). The van der Waals surface area contributed by atoms with Crippen molar-refractivity contribution >= 4 is 29.4 Å². The van der Waals surface area contributed by atoms with Crippen LogP contribution in [0.3, 0.4) is 0 Å². The number of ether oxygens (including phenoxy) is 1. The number of methoxy groups -OCH3 is 1. The lowest BCUT2D eigenvalue weighted by Gasteiger charge is -2.42. The van der Waals surface area contributed by atoms with Gasteiger partial charge in [0.05, 0.1) is 18.8 Å². The summed E-state index contributed by atoms with van der Waals surface area (Å²) in [4.78, 5) is 54.2. The van der Waals surface area contributed by atoms with E-state index in [9.17, 15) is 19.2 Å². The fourth-order valence-electron chi connectivity index (χ4n) is 7.19. The van der Waals surface area contributed by atoms with Crippen LogP contribution < -0.4 is 9.64 Å². The van der Waals surface area contributed by atoms with Gasteiger partial charge in [0.15, 0.2) is 0 Å². The smallest absolute Gasteiger partial charge is 0.328 e. The number of carboxylic acid groups (broad SMARTS) is 2. The van der Waals surface area contributed by atoms with Crippen LogP contribution in [0, 0.1) is 11.8 Å². The number of hydrogen-bond acceptors (Lipinski definition) is 7. The molecule has 1 heterocycles. The van der Waals surface area contributed by atoms with Gasteiger partial charge in [0, 0.05) is 56.7 Å². The third-order valence-corrected chi connectivity index (χ3v) is 9.70. The molecule has 10 nitrogen and oxygen atoms in total. The lowest BCUT2D eigenvalue weighted by molar-refractivity contribution is -0.155. The first kappa shape index (κ1) is 36.7. The predicted molar refractivity (Wildman–Crippen MR) is 185 cm³/mol. The maximum Gasteiger partial charge on any atom is 0.328 e. The van der Waals surface area contributed by atoms with Crippen LogP contribution in [0.25, 0.3) is 0 Å². The van der Waals surface area contributed by atoms with Crippen LogP contribution in [-0.4, -0.2) is 89.6 Å². The number of carboxylic acids is 2. The number of nitrogens with zero attached hydrogens (tertiary/aromatic N) is 3. The van der Waals surface area contributed by atoms with Crippen molar-refractivity contribution < 1.29 is 34.1 Å². The summed E-state index contributed by atoms with van der Waals surface area (Å²) in [5.41, 5.74) is 2.32. The molecule has 0 radical (unpaired) electrons. The summed E-state index contributed by atoms with van der Waals surface area (Å²) in [6, 6.07) is 18.5. The van der Waals surface area contributed by atoms with E-state index in [-0.39, 0.29) is 29.7 Å². The Morgan fingerprint density at radius 1 is 0.750 bits per heavy atom. The van der Waals surface area contributed by atoms with Crippen LogP contribution in [0.2, 0.25) is 0 Å². The van der Waals surface area contributed by atoms with E-state index >= 15 is 0 Å². The highest BCUT2D eigenvalue weighted by molar-refractivity contribution is 5.98. The molecule has 48 heavy (non-hydrogen) atoms. The average Bonchev–Trinajstić information content (AvgIpc) is 3.12. The maximum atomic E-state index is 14.2. The summed E-state index contributed by atoms with van der Waals surface area (Å²) in [5.74, 6) is -1.43. The van der Waals surface area contributed by atoms with E-state index in [2.05, 4.69) is 46.2 Å². The van der Waals surface area contributed by atoms with Crippen molar-refractivity contribution in [1.29, 1.82) is 0 Å². The first-order chi connectivity index (χ1) is 23.3. The van der Waals surface area contributed by atoms with E-state index in [1.165, 1.54) is 18.4 Å². The second-order valence-electron chi connectivity index (χ2n) is 13.0. The van der Waals surface area contributed by atoms with Crippen molar-refractivity contribution in [2.45, 2.75) is 76.7 Å². The Bertz CT molecular complexity index is 1320. The number of amides is 2. The quantitative estimate of drug-likeness (QED) is 0.232. The molecule has 2 N–H and O–H groups in total. The van der Waals surface area contributed by atoms with E-state index in [4.69, 9.17) is 14.9 Å². The van der Waals surface area contributed by atoms with Crippen LogP contribution in [0.4, 0.5) is 5.69 Å². The van der Waals surface area contributed by atoms with E-state index in [0.29, 0.717) is 18.6 Å². The zero-order chi connectivity index (χ0) is 34.3. The fourth-order valence-corrected chi connectivity index (χ4v) is 7.19. The summed E-state index contributed by atoms with van der Waals surface area (Å²) < 4.78 is 5.62. The summed E-state index contributed by atoms with van der Waals surface area (Å²) in [7, 11) is 1.73. The molecule has 0 aromatic heterocycles. The van der Waals surface area contributed by atoms with E-state index in [1.54, 1.807) is 12.0 Å². The van der Waals surface area contributed by atoms with Crippen molar-refractivity contribution in [2.75, 3.05) is 44.7 Å². The fraction of sp³-hybridized carbons (Fsp3) is 0.526. The number of rotatable bonds is 11. The topological polar surface area (TPSA) is 128 Å². The monoisotopic (exact) mass is 661 g/mol. The molecule has 1 aliphatic heterocycles. The van der Waals surface area contributed by atoms with Gasteiger partial charge in [-0.25, -0.2) is 9.59 Å².